The second kappa shape index (κ2) is 16.6. The lowest BCUT2D eigenvalue weighted by atomic mass is 9.86. The number of benzene rings is 1. The average Bonchev–Trinajstić information content (AvgIpc) is 3.02. The minimum Gasteiger partial charge on any atom is -0.481 e. The molecule has 1 aromatic carbocycles. The molecule has 1 unspecified atom stereocenters. The largest absolute Gasteiger partial charge is 0.481 e. The predicted molar refractivity (Wildman–Crippen MR) is 171 cm³/mol. The zero-order valence-corrected chi connectivity index (χ0v) is 28.2. The SMILES string of the molecule is COC[C@@H](c1ccc(C(F)(F)F)cc1)N1CCN(C2(C)CCN(C(=O)c3c(C)ncnc3C)CC2)C[C@@H]1C.NC(CCC(=O)O)C(=O)O. The van der Waals surface area contributed by atoms with Gasteiger partial charge >= 0.3 is 18.1 Å². The van der Waals surface area contributed by atoms with Crippen molar-refractivity contribution in [2.24, 2.45) is 5.73 Å². The van der Waals surface area contributed by atoms with Crippen molar-refractivity contribution in [2.75, 3.05) is 46.4 Å². The van der Waals surface area contributed by atoms with Crippen LogP contribution in [0.5, 0.6) is 0 Å². The summed E-state index contributed by atoms with van der Waals surface area (Å²) in [5.74, 6) is -2.20. The Bertz CT molecular complexity index is 1380. The number of hydrogen-bond donors (Lipinski definition) is 3. The number of nitrogens with two attached hydrogens (primary N) is 1. The number of hydrogen-bond acceptors (Lipinski definition) is 9. The standard InChI is InChI=1S/C28H38F3N5O2.C5H9NO4/c1-19-16-35(14-15-36(19)24(17-38-5)22-6-8-23(9-7-22)28(29,30)31)27(4)10-12-34(13-11-27)26(37)25-20(2)32-18-33-21(25)3;6-3(5(9)10)1-2-4(7)8/h6-9,18-19,24H,10-17H2,1-5H3;3H,1-2,6H2,(H,7,8)(H,9,10)/t19-,24-;/m0./s1. The summed E-state index contributed by atoms with van der Waals surface area (Å²) < 4.78 is 44.7. The van der Waals surface area contributed by atoms with Crippen molar-refractivity contribution in [3.63, 3.8) is 0 Å². The Hall–Kier alpha value is -3.66. The third-order valence-corrected chi connectivity index (χ3v) is 9.34. The molecule has 2 aliphatic heterocycles. The maximum atomic E-state index is 13.2. The van der Waals surface area contributed by atoms with Gasteiger partial charge in [-0.05, 0) is 64.7 Å². The number of piperidine rings is 1. The number of aromatic nitrogens is 2. The summed E-state index contributed by atoms with van der Waals surface area (Å²) in [6.45, 7) is 12.4. The Morgan fingerprint density at radius 1 is 1.04 bits per heavy atom. The molecule has 1 amide bonds. The molecule has 0 saturated carbocycles. The molecular weight excluding hydrogens is 633 g/mol. The number of amides is 1. The Morgan fingerprint density at radius 3 is 2.10 bits per heavy atom. The smallest absolute Gasteiger partial charge is 0.416 e. The molecule has 1 aromatic heterocycles. The highest BCUT2D eigenvalue weighted by Crippen LogP contribution is 2.35. The fraction of sp³-hybridized carbons (Fsp3) is 0.606. The molecule has 0 radical (unpaired) electrons. The van der Waals surface area contributed by atoms with Crippen LogP contribution in [-0.4, -0.2) is 117 Å². The molecule has 3 heterocycles. The van der Waals surface area contributed by atoms with E-state index in [1.165, 1.54) is 6.33 Å². The molecule has 0 spiro atoms. The minimum atomic E-state index is -4.35. The summed E-state index contributed by atoms with van der Waals surface area (Å²) in [6.07, 6.45) is -1.34. The van der Waals surface area contributed by atoms with Crippen LogP contribution < -0.4 is 5.73 Å². The van der Waals surface area contributed by atoms with E-state index in [0.29, 0.717) is 36.6 Å². The van der Waals surface area contributed by atoms with Gasteiger partial charge in [-0.25, -0.2) is 9.97 Å². The Morgan fingerprint density at radius 2 is 1.62 bits per heavy atom. The van der Waals surface area contributed by atoms with Gasteiger partial charge in [-0.1, -0.05) is 12.1 Å². The molecule has 15 heteroatoms. The molecule has 2 aromatic rings. The van der Waals surface area contributed by atoms with Crippen molar-refractivity contribution in [3.05, 3.63) is 58.7 Å². The van der Waals surface area contributed by atoms with Crippen molar-refractivity contribution < 1.29 is 42.5 Å². The van der Waals surface area contributed by atoms with Crippen LogP contribution in [0.2, 0.25) is 0 Å². The van der Waals surface area contributed by atoms with Gasteiger partial charge in [-0.15, -0.1) is 0 Å². The lowest BCUT2D eigenvalue weighted by Crippen LogP contribution is -2.62. The number of carbonyl (C=O) groups is 3. The van der Waals surface area contributed by atoms with E-state index >= 15 is 0 Å². The van der Waals surface area contributed by atoms with Gasteiger partial charge in [0.2, 0.25) is 0 Å². The normalized spacial score (nSPS) is 19.9. The first-order chi connectivity index (χ1) is 22.5. The topological polar surface area (TPSA) is 162 Å². The summed E-state index contributed by atoms with van der Waals surface area (Å²) in [5, 5.41) is 16.3. The predicted octanol–water partition coefficient (Wildman–Crippen LogP) is 3.76. The number of carboxylic acids is 2. The van der Waals surface area contributed by atoms with Gasteiger partial charge in [-0.3, -0.25) is 24.2 Å². The third-order valence-electron chi connectivity index (χ3n) is 9.34. The van der Waals surface area contributed by atoms with Crippen LogP contribution in [0, 0.1) is 13.8 Å². The number of carboxylic acid groups (broad SMARTS) is 2. The monoisotopic (exact) mass is 680 g/mol. The summed E-state index contributed by atoms with van der Waals surface area (Å²) in [7, 11) is 1.62. The number of halogens is 3. The van der Waals surface area contributed by atoms with Gasteiger partial charge in [0.1, 0.15) is 12.4 Å². The molecule has 266 valence electrons. The summed E-state index contributed by atoms with van der Waals surface area (Å²) in [5.41, 5.74) is 7.18. The van der Waals surface area contributed by atoms with E-state index in [1.54, 1.807) is 19.2 Å². The van der Waals surface area contributed by atoms with E-state index < -0.39 is 29.7 Å². The lowest BCUT2D eigenvalue weighted by molar-refractivity contribution is -0.140. The van der Waals surface area contributed by atoms with Gasteiger partial charge < -0.3 is 25.6 Å². The third kappa shape index (κ3) is 9.94. The van der Waals surface area contributed by atoms with Gasteiger partial charge in [0, 0.05) is 57.8 Å². The van der Waals surface area contributed by atoms with Crippen molar-refractivity contribution in [3.8, 4) is 0 Å². The number of aryl methyl sites for hydroxylation is 2. The van der Waals surface area contributed by atoms with Crippen LogP contribution in [0.4, 0.5) is 13.2 Å². The summed E-state index contributed by atoms with van der Waals surface area (Å²) in [4.78, 5) is 48.3. The Balaban J connectivity index is 0.000000542. The van der Waals surface area contributed by atoms with Crippen LogP contribution in [0.25, 0.3) is 0 Å². The number of likely N-dealkylation sites (tertiary alicyclic amines) is 1. The molecule has 0 bridgehead atoms. The van der Waals surface area contributed by atoms with Crippen molar-refractivity contribution in [1.29, 1.82) is 0 Å². The van der Waals surface area contributed by atoms with E-state index in [1.807, 2.05) is 18.7 Å². The van der Waals surface area contributed by atoms with E-state index in [9.17, 15) is 27.6 Å². The molecule has 4 N–H and O–H groups in total. The molecular formula is C33H47F3N6O6. The van der Waals surface area contributed by atoms with Crippen molar-refractivity contribution in [2.45, 2.75) is 83.2 Å². The summed E-state index contributed by atoms with van der Waals surface area (Å²) >= 11 is 0. The molecule has 2 aliphatic rings. The van der Waals surface area contributed by atoms with Crippen LogP contribution in [-0.2, 0) is 20.5 Å². The van der Waals surface area contributed by atoms with Crippen molar-refractivity contribution >= 4 is 17.8 Å². The quantitative estimate of drug-likeness (QED) is 0.335. The van der Waals surface area contributed by atoms with Gasteiger partial charge in [-0.2, -0.15) is 13.2 Å². The van der Waals surface area contributed by atoms with Gasteiger partial charge in [0.15, 0.2) is 0 Å². The van der Waals surface area contributed by atoms with E-state index in [2.05, 4.69) is 33.6 Å². The number of ether oxygens (including phenoxy) is 1. The molecule has 3 atom stereocenters. The lowest BCUT2D eigenvalue weighted by Gasteiger charge is -2.52. The Labute approximate surface area is 279 Å². The molecule has 0 aliphatic carbocycles. The number of piperazine rings is 1. The highest BCUT2D eigenvalue weighted by atomic mass is 19.4. The molecule has 12 nitrogen and oxygen atoms in total. The average molecular weight is 681 g/mol. The zero-order valence-electron chi connectivity index (χ0n) is 28.2. The minimum absolute atomic E-state index is 0.000198. The maximum Gasteiger partial charge on any atom is 0.416 e. The first-order valence-corrected chi connectivity index (χ1v) is 15.9. The number of carbonyl (C=O) groups excluding carboxylic acids is 1. The highest BCUT2D eigenvalue weighted by Gasteiger charge is 2.41. The Kier molecular flexibility index (Phi) is 13.4. The van der Waals surface area contributed by atoms with E-state index in [4.69, 9.17) is 20.7 Å². The second-order valence-corrected chi connectivity index (χ2v) is 12.7. The first kappa shape index (κ1) is 38.8. The van der Waals surface area contributed by atoms with E-state index in [0.717, 1.165) is 50.2 Å². The summed E-state index contributed by atoms with van der Waals surface area (Å²) in [6, 6.07) is 4.46. The van der Waals surface area contributed by atoms with E-state index in [-0.39, 0.29) is 36.4 Å². The molecule has 4 rings (SSSR count). The number of aliphatic carboxylic acids is 2. The van der Waals surface area contributed by atoms with Crippen LogP contribution in [0.1, 0.15) is 78.4 Å². The van der Waals surface area contributed by atoms with Crippen LogP contribution in [0.15, 0.2) is 30.6 Å². The number of rotatable bonds is 10. The highest BCUT2D eigenvalue weighted by molar-refractivity contribution is 5.96. The number of methoxy groups -OCH3 is 1. The van der Waals surface area contributed by atoms with Crippen LogP contribution >= 0.6 is 0 Å². The zero-order chi connectivity index (χ0) is 35.8. The fourth-order valence-electron chi connectivity index (χ4n) is 6.33. The maximum absolute atomic E-state index is 13.2. The first-order valence-electron chi connectivity index (χ1n) is 15.9. The molecule has 2 saturated heterocycles. The van der Waals surface area contributed by atoms with Gasteiger partial charge in [0.25, 0.3) is 5.91 Å². The fourth-order valence-corrected chi connectivity index (χ4v) is 6.33. The number of nitrogens with zero attached hydrogens (tertiary/aromatic N) is 5. The molecule has 48 heavy (non-hydrogen) atoms. The number of alkyl halides is 3. The van der Waals surface area contributed by atoms with Gasteiger partial charge in [0.05, 0.1) is 35.2 Å². The van der Waals surface area contributed by atoms with Crippen molar-refractivity contribution in [1.82, 2.24) is 24.7 Å². The molecule has 2 fully saturated rings. The van der Waals surface area contributed by atoms with Crippen LogP contribution in [0.3, 0.4) is 0 Å². The second-order valence-electron chi connectivity index (χ2n) is 12.7.